The van der Waals surface area contributed by atoms with Crippen LogP contribution in [0.25, 0.3) is 0 Å². The van der Waals surface area contributed by atoms with Crippen LogP contribution < -0.4 is 20.1 Å². The van der Waals surface area contributed by atoms with Crippen molar-refractivity contribution in [3.63, 3.8) is 0 Å². The quantitative estimate of drug-likeness (QED) is 0.335. The monoisotopic (exact) mass is 498 g/mol. The maximum atomic E-state index is 5.71. The van der Waals surface area contributed by atoms with Crippen molar-refractivity contribution in [1.29, 1.82) is 0 Å². The highest BCUT2D eigenvalue weighted by Gasteiger charge is 2.42. The summed E-state index contributed by atoms with van der Waals surface area (Å²) in [4.78, 5) is 2.32. The van der Waals surface area contributed by atoms with Crippen LogP contribution in [0.1, 0.15) is 33.9 Å². The van der Waals surface area contributed by atoms with Crippen molar-refractivity contribution in [3.05, 3.63) is 113 Å². The molecule has 0 N–H and O–H groups in total. The van der Waals surface area contributed by atoms with Gasteiger partial charge in [-0.3, -0.25) is 0 Å². The van der Waals surface area contributed by atoms with Crippen LogP contribution in [0.4, 0.5) is 0 Å². The number of methoxy groups -OCH3 is 2. The minimum Gasteiger partial charge on any atom is -0.496 e. The minimum absolute atomic E-state index is 0.169. The topological polar surface area (TPSA) is 21.7 Å². The van der Waals surface area contributed by atoms with Crippen LogP contribution in [0.2, 0.25) is 0 Å². The summed E-state index contributed by atoms with van der Waals surface area (Å²) in [6.45, 7) is 8.58. The lowest BCUT2D eigenvalue weighted by molar-refractivity contribution is 0.319. The number of aryl methyl sites for hydroxylation is 4. The number of ether oxygens (including phenoxy) is 2. The molecule has 1 saturated carbocycles. The zero-order chi connectivity index (χ0) is 26.0. The summed E-state index contributed by atoms with van der Waals surface area (Å²) in [5.74, 6) is 3.29. The van der Waals surface area contributed by atoms with Gasteiger partial charge in [0.05, 0.1) is 14.2 Å². The standard InChI is InChI=1S/C32H37NO2P/c1-21-17-26(18-22(2)31(21)34-7)36(27-19-23(3)32(35-8)24(4)20-27)29-16-12-15-28(29)30(33(5)6)25-13-10-9-11-14-25/h9-20,30H,1-8H3/t30-/m1/s1. The third-order valence-electron chi connectivity index (χ3n) is 6.81. The van der Waals surface area contributed by atoms with Gasteiger partial charge >= 0.3 is 0 Å². The zero-order valence-electron chi connectivity index (χ0n) is 22.7. The maximum absolute atomic E-state index is 5.71. The maximum Gasteiger partial charge on any atom is 0.124 e. The fraction of sp³-hybridized carbons (Fsp3) is 0.281. The molecule has 0 spiro atoms. The highest BCUT2D eigenvalue weighted by molar-refractivity contribution is 7.76. The van der Waals surface area contributed by atoms with E-state index in [9.17, 15) is 0 Å². The molecule has 1 atom stereocenters. The van der Waals surface area contributed by atoms with Crippen LogP contribution in [0.3, 0.4) is 0 Å². The lowest BCUT2D eigenvalue weighted by atomic mass is 9.90. The number of hydrogen-bond acceptors (Lipinski definition) is 3. The number of nitrogens with zero attached hydrogens (tertiary/aromatic N) is 1. The van der Waals surface area contributed by atoms with E-state index in [-0.39, 0.29) is 6.04 Å². The van der Waals surface area contributed by atoms with Gasteiger partial charge in [-0.05, 0) is 132 Å². The Morgan fingerprint density at radius 1 is 0.694 bits per heavy atom. The molecule has 1 aliphatic carbocycles. The van der Waals surface area contributed by atoms with Crippen LogP contribution >= 0.6 is 7.92 Å². The zero-order valence-corrected chi connectivity index (χ0v) is 23.6. The molecule has 0 heterocycles. The Kier molecular flexibility index (Phi) is 8.43. The highest BCUT2D eigenvalue weighted by Crippen LogP contribution is 2.60. The highest BCUT2D eigenvalue weighted by atomic mass is 31.1. The Morgan fingerprint density at radius 2 is 1.17 bits per heavy atom. The largest absolute Gasteiger partial charge is 0.496 e. The molecule has 0 aromatic heterocycles. The molecule has 36 heavy (non-hydrogen) atoms. The molecule has 5 radical (unpaired) electrons. The predicted molar refractivity (Wildman–Crippen MR) is 153 cm³/mol. The molecule has 1 fully saturated rings. The molecule has 3 aromatic carbocycles. The fourth-order valence-electron chi connectivity index (χ4n) is 5.43. The third-order valence-corrected chi connectivity index (χ3v) is 9.25. The molecule has 3 nitrogen and oxygen atoms in total. The van der Waals surface area contributed by atoms with Crippen molar-refractivity contribution >= 4 is 18.5 Å². The number of rotatable bonds is 8. The summed E-state index contributed by atoms with van der Waals surface area (Å²) in [7, 11) is 7.03. The molecule has 0 saturated heterocycles. The van der Waals surface area contributed by atoms with Gasteiger partial charge in [0.15, 0.2) is 0 Å². The first-order valence-corrected chi connectivity index (χ1v) is 13.7. The first-order chi connectivity index (χ1) is 17.3. The van der Waals surface area contributed by atoms with Crippen molar-refractivity contribution in [2.75, 3.05) is 28.3 Å². The van der Waals surface area contributed by atoms with Crippen molar-refractivity contribution in [2.45, 2.75) is 33.7 Å². The predicted octanol–water partition coefficient (Wildman–Crippen LogP) is 6.41. The van der Waals surface area contributed by atoms with E-state index in [0.717, 1.165) is 11.5 Å². The Labute approximate surface area is 219 Å². The molecular weight excluding hydrogens is 461 g/mol. The molecule has 3 aromatic rings. The Bertz CT molecular complexity index is 1080. The molecule has 1 aliphatic rings. The van der Waals surface area contributed by atoms with Crippen LogP contribution in [0, 0.1) is 58.5 Å². The van der Waals surface area contributed by atoms with E-state index < -0.39 is 7.92 Å². The fourth-order valence-corrected chi connectivity index (χ4v) is 8.27. The van der Waals surface area contributed by atoms with Gasteiger partial charge in [-0.25, -0.2) is 0 Å². The lowest BCUT2D eigenvalue weighted by Crippen LogP contribution is -2.30. The van der Waals surface area contributed by atoms with Gasteiger partial charge in [0.2, 0.25) is 0 Å². The summed E-state index contributed by atoms with van der Waals surface area (Å²) in [5, 5.41) is 2.67. The van der Waals surface area contributed by atoms with E-state index >= 15 is 0 Å². The third kappa shape index (κ3) is 5.20. The van der Waals surface area contributed by atoms with Gasteiger partial charge in [0.25, 0.3) is 0 Å². The first-order valence-electron chi connectivity index (χ1n) is 12.3. The van der Waals surface area contributed by atoms with Crippen molar-refractivity contribution < 1.29 is 9.47 Å². The second-order valence-corrected chi connectivity index (χ2v) is 11.9. The van der Waals surface area contributed by atoms with E-state index in [2.05, 4.69) is 121 Å². The second kappa shape index (κ2) is 11.4. The Morgan fingerprint density at radius 3 is 1.58 bits per heavy atom. The summed E-state index contributed by atoms with van der Waals surface area (Å²) in [5.41, 5.74) is 7.36. The molecule has 0 bridgehead atoms. The average Bonchev–Trinajstić information content (AvgIpc) is 3.28. The smallest absolute Gasteiger partial charge is 0.124 e. The molecular formula is C32H37NO2P. The first kappa shape index (κ1) is 26.7. The van der Waals surface area contributed by atoms with Gasteiger partial charge in [-0.15, -0.1) is 0 Å². The Hall–Kier alpha value is -2.35. The SMILES string of the molecule is COc1c(C)cc(P([C]2[CH][CH][CH][C]2[C@@H](c2ccccc2)N(C)C)c2cc(C)c(OC)c(C)c2)cc1C. The molecule has 0 amide bonds. The molecule has 4 heteroatoms. The van der Waals surface area contributed by atoms with Crippen molar-refractivity contribution in [1.82, 2.24) is 4.90 Å². The number of benzene rings is 3. The van der Waals surface area contributed by atoms with E-state index in [0.29, 0.717) is 0 Å². The summed E-state index contributed by atoms with van der Waals surface area (Å²) in [6, 6.07) is 20.2. The van der Waals surface area contributed by atoms with Crippen molar-refractivity contribution in [2.24, 2.45) is 0 Å². The van der Waals surface area contributed by atoms with E-state index in [4.69, 9.17) is 9.47 Å². The summed E-state index contributed by atoms with van der Waals surface area (Å²) >= 11 is 0. The minimum atomic E-state index is -0.815. The van der Waals surface area contributed by atoms with Gasteiger partial charge in [0.1, 0.15) is 11.5 Å². The second-order valence-electron chi connectivity index (χ2n) is 9.70. The molecule has 187 valence electrons. The van der Waals surface area contributed by atoms with E-state index in [1.165, 1.54) is 50.0 Å². The molecule has 4 rings (SSSR count). The van der Waals surface area contributed by atoms with E-state index in [1.807, 2.05) is 0 Å². The van der Waals surface area contributed by atoms with Crippen LogP contribution in [-0.2, 0) is 0 Å². The summed E-state index contributed by atoms with van der Waals surface area (Å²) < 4.78 is 11.4. The summed E-state index contributed by atoms with van der Waals surface area (Å²) in [6.07, 6.45) is 6.84. The van der Waals surface area contributed by atoms with Crippen LogP contribution in [0.5, 0.6) is 11.5 Å². The van der Waals surface area contributed by atoms with Crippen LogP contribution in [0.15, 0.2) is 54.6 Å². The lowest BCUT2D eigenvalue weighted by Gasteiger charge is -2.37. The van der Waals surface area contributed by atoms with Gasteiger partial charge in [-0.1, -0.05) is 30.3 Å². The normalized spacial score (nSPS) is 15.6. The molecule has 0 aliphatic heterocycles. The number of hydrogen-bond donors (Lipinski definition) is 0. The van der Waals surface area contributed by atoms with Gasteiger partial charge < -0.3 is 14.4 Å². The van der Waals surface area contributed by atoms with Gasteiger partial charge in [-0.2, -0.15) is 0 Å². The van der Waals surface area contributed by atoms with E-state index in [1.54, 1.807) is 14.2 Å². The van der Waals surface area contributed by atoms with Crippen LogP contribution in [-0.4, -0.2) is 33.2 Å². The van der Waals surface area contributed by atoms with Gasteiger partial charge in [0, 0.05) is 17.6 Å². The average molecular weight is 499 g/mol. The molecule has 0 unspecified atom stereocenters. The Balaban J connectivity index is 1.88. The van der Waals surface area contributed by atoms with Crippen molar-refractivity contribution in [3.8, 4) is 11.5 Å².